The van der Waals surface area contributed by atoms with Gasteiger partial charge in [0.2, 0.25) is 5.91 Å². The first-order valence-corrected chi connectivity index (χ1v) is 15.6. The molecule has 2 atom stereocenters. The molecule has 0 saturated heterocycles. The fourth-order valence-electron chi connectivity index (χ4n) is 5.20. The molecule has 1 fully saturated rings. The fraction of sp³-hybridized carbons (Fsp3) is 0.966. The van der Waals surface area contributed by atoms with Crippen molar-refractivity contribution in [1.29, 1.82) is 0 Å². The topological polar surface area (TPSA) is 44.4 Å². The van der Waals surface area contributed by atoms with E-state index in [1.54, 1.807) is 0 Å². The number of nitrogens with one attached hydrogen (secondary N) is 2. The predicted molar refractivity (Wildman–Crippen MR) is 153 cm³/mol. The van der Waals surface area contributed by atoms with Gasteiger partial charge in [-0.1, -0.05) is 46.5 Å². The van der Waals surface area contributed by atoms with Crippen LogP contribution < -0.4 is 10.6 Å². The molecule has 1 aliphatic rings. The predicted octanol–water partition coefficient (Wildman–Crippen LogP) is 6.59. The van der Waals surface area contributed by atoms with Gasteiger partial charge in [0.15, 0.2) is 0 Å². The highest BCUT2D eigenvalue weighted by atomic mass is 32.2. The molecule has 0 spiro atoms. The van der Waals surface area contributed by atoms with Crippen LogP contribution in [0.25, 0.3) is 0 Å². The van der Waals surface area contributed by atoms with Crippen molar-refractivity contribution in [3.63, 3.8) is 0 Å². The molecule has 0 heterocycles. The second-order valence-corrected chi connectivity index (χ2v) is 13.0. The Labute approximate surface area is 217 Å². The average Bonchev–Trinajstić information content (AvgIpc) is 2.80. The number of carbonyl (C=O) groups is 1. The van der Waals surface area contributed by atoms with Gasteiger partial charge in [-0.05, 0) is 103 Å². The number of nitrogens with zero attached hydrogens (tertiary/aromatic N) is 1. The van der Waals surface area contributed by atoms with Crippen molar-refractivity contribution < 1.29 is 4.79 Å². The average molecular weight is 498 g/mol. The van der Waals surface area contributed by atoms with Crippen molar-refractivity contribution in [2.45, 2.75) is 109 Å². The quantitative estimate of drug-likeness (QED) is 0.186. The second-order valence-electron chi connectivity index (χ2n) is 11.6. The van der Waals surface area contributed by atoms with Crippen molar-refractivity contribution >= 4 is 17.7 Å². The Morgan fingerprint density at radius 1 is 0.912 bits per heavy atom. The first kappa shape index (κ1) is 31.8. The molecule has 0 aromatic heterocycles. The van der Waals surface area contributed by atoms with Crippen LogP contribution in [0.5, 0.6) is 0 Å². The second kappa shape index (κ2) is 19.9. The molecule has 0 bridgehead atoms. The first-order chi connectivity index (χ1) is 16.3. The van der Waals surface area contributed by atoms with E-state index in [1.165, 1.54) is 76.5 Å². The molecule has 1 amide bonds. The molecule has 2 unspecified atom stereocenters. The molecule has 1 saturated carbocycles. The van der Waals surface area contributed by atoms with Gasteiger partial charge in [0.1, 0.15) is 0 Å². The maximum absolute atomic E-state index is 12.6. The zero-order valence-electron chi connectivity index (χ0n) is 23.7. The Hall–Kier alpha value is -0.260. The molecule has 0 aromatic rings. The summed E-state index contributed by atoms with van der Waals surface area (Å²) in [7, 11) is 6.37. The highest BCUT2D eigenvalue weighted by molar-refractivity contribution is 7.99. The molecule has 202 valence electrons. The van der Waals surface area contributed by atoms with Gasteiger partial charge < -0.3 is 15.5 Å². The van der Waals surface area contributed by atoms with Crippen LogP contribution in [0.4, 0.5) is 0 Å². The lowest BCUT2D eigenvalue weighted by atomic mass is 9.79. The van der Waals surface area contributed by atoms with Crippen LogP contribution in [-0.4, -0.2) is 62.6 Å². The van der Waals surface area contributed by atoms with Crippen molar-refractivity contribution in [1.82, 2.24) is 15.5 Å². The van der Waals surface area contributed by atoms with Crippen molar-refractivity contribution in [2.75, 3.05) is 46.5 Å². The summed E-state index contributed by atoms with van der Waals surface area (Å²) in [5.41, 5.74) is 0. The number of hydrogen-bond acceptors (Lipinski definition) is 4. The number of amides is 1. The Morgan fingerprint density at radius 3 is 2.21 bits per heavy atom. The van der Waals surface area contributed by atoms with Crippen LogP contribution in [0.1, 0.15) is 104 Å². The normalized spacial score (nSPS) is 20.6. The minimum atomic E-state index is 0.265. The van der Waals surface area contributed by atoms with E-state index in [1.807, 2.05) is 7.05 Å². The third kappa shape index (κ3) is 15.7. The molecule has 2 N–H and O–H groups in total. The number of rotatable bonds is 20. The minimum absolute atomic E-state index is 0.265. The van der Waals surface area contributed by atoms with E-state index >= 15 is 0 Å². The SMILES string of the molecule is CNCCCCCCNC(=O)C1CCC(CCC(SCCN(C)C)C(C)CCCC(C)C)CC1. The molecule has 0 radical (unpaired) electrons. The van der Waals surface area contributed by atoms with Gasteiger partial charge in [-0.25, -0.2) is 0 Å². The van der Waals surface area contributed by atoms with E-state index in [0.717, 1.165) is 55.4 Å². The van der Waals surface area contributed by atoms with E-state index in [0.29, 0.717) is 5.91 Å². The molecule has 1 aliphatic carbocycles. The summed E-state index contributed by atoms with van der Waals surface area (Å²) in [5.74, 6) is 4.30. The summed E-state index contributed by atoms with van der Waals surface area (Å²) >= 11 is 2.22. The standard InChI is InChI=1S/C29H59N3OS/c1-24(2)12-11-13-25(3)28(34-23-22-32(5)6)19-16-26-14-17-27(18-15-26)29(33)31-21-10-8-7-9-20-30-4/h24-28,30H,7-23H2,1-6H3,(H,31,33). The number of thioether (sulfide) groups is 1. The zero-order chi connectivity index (χ0) is 25.2. The third-order valence-corrected chi connectivity index (χ3v) is 9.22. The Bertz CT molecular complexity index is 492. The largest absolute Gasteiger partial charge is 0.356 e. The summed E-state index contributed by atoms with van der Waals surface area (Å²) < 4.78 is 0. The van der Waals surface area contributed by atoms with Gasteiger partial charge in [0.25, 0.3) is 0 Å². The van der Waals surface area contributed by atoms with E-state index in [-0.39, 0.29) is 5.92 Å². The Morgan fingerprint density at radius 2 is 1.59 bits per heavy atom. The van der Waals surface area contributed by atoms with E-state index in [2.05, 4.69) is 62.2 Å². The highest BCUT2D eigenvalue weighted by Crippen LogP contribution is 2.35. The maximum atomic E-state index is 12.6. The van der Waals surface area contributed by atoms with Crippen molar-refractivity contribution in [3.8, 4) is 0 Å². The van der Waals surface area contributed by atoms with Gasteiger partial charge >= 0.3 is 0 Å². The molecule has 5 heteroatoms. The number of carbonyl (C=O) groups excluding carboxylic acids is 1. The van der Waals surface area contributed by atoms with Crippen LogP contribution in [0.15, 0.2) is 0 Å². The van der Waals surface area contributed by atoms with Crippen LogP contribution in [0.3, 0.4) is 0 Å². The lowest BCUT2D eigenvalue weighted by molar-refractivity contribution is -0.126. The van der Waals surface area contributed by atoms with Crippen LogP contribution in [0, 0.1) is 23.7 Å². The van der Waals surface area contributed by atoms with E-state index in [9.17, 15) is 4.79 Å². The van der Waals surface area contributed by atoms with Gasteiger partial charge in [-0.15, -0.1) is 0 Å². The highest BCUT2D eigenvalue weighted by Gasteiger charge is 2.27. The van der Waals surface area contributed by atoms with Crippen molar-refractivity contribution in [3.05, 3.63) is 0 Å². The molecular weight excluding hydrogens is 438 g/mol. The first-order valence-electron chi connectivity index (χ1n) is 14.5. The molecule has 0 aliphatic heterocycles. The number of unbranched alkanes of at least 4 members (excludes halogenated alkanes) is 3. The van der Waals surface area contributed by atoms with E-state index < -0.39 is 0 Å². The summed E-state index contributed by atoms with van der Waals surface area (Å²) in [4.78, 5) is 14.9. The van der Waals surface area contributed by atoms with Gasteiger partial charge in [-0.3, -0.25) is 4.79 Å². The van der Waals surface area contributed by atoms with Crippen molar-refractivity contribution in [2.24, 2.45) is 23.7 Å². The fourth-order valence-corrected chi connectivity index (χ4v) is 6.74. The summed E-state index contributed by atoms with van der Waals surface area (Å²) in [5, 5.41) is 7.21. The smallest absolute Gasteiger partial charge is 0.223 e. The monoisotopic (exact) mass is 497 g/mol. The lowest BCUT2D eigenvalue weighted by Gasteiger charge is -2.30. The van der Waals surface area contributed by atoms with Gasteiger partial charge in [0.05, 0.1) is 0 Å². The molecule has 34 heavy (non-hydrogen) atoms. The molecule has 4 nitrogen and oxygen atoms in total. The third-order valence-electron chi connectivity index (χ3n) is 7.68. The van der Waals surface area contributed by atoms with Crippen LogP contribution >= 0.6 is 11.8 Å². The summed E-state index contributed by atoms with van der Waals surface area (Å²) in [6, 6.07) is 0. The molecular formula is C29H59N3OS. The maximum Gasteiger partial charge on any atom is 0.223 e. The minimum Gasteiger partial charge on any atom is -0.356 e. The van der Waals surface area contributed by atoms with Gasteiger partial charge in [-0.2, -0.15) is 11.8 Å². The Balaban J connectivity index is 2.30. The summed E-state index contributed by atoms with van der Waals surface area (Å²) in [6.45, 7) is 10.3. The molecule has 0 aromatic carbocycles. The van der Waals surface area contributed by atoms with Crippen LogP contribution in [-0.2, 0) is 4.79 Å². The lowest BCUT2D eigenvalue weighted by Crippen LogP contribution is -2.34. The number of hydrogen-bond donors (Lipinski definition) is 2. The van der Waals surface area contributed by atoms with E-state index in [4.69, 9.17) is 0 Å². The van der Waals surface area contributed by atoms with Gasteiger partial charge in [0, 0.05) is 30.0 Å². The zero-order valence-corrected chi connectivity index (χ0v) is 24.5. The Kier molecular flexibility index (Phi) is 18.6. The van der Waals surface area contributed by atoms with Crippen LogP contribution in [0.2, 0.25) is 0 Å². The molecule has 1 rings (SSSR count). The summed E-state index contributed by atoms with van der Waals surface area (Å²) in [6.07, 6.45) is 16.4.